The first kappa shape index (κ1) is 22.4. The average molecular weight is 503 g/mol. The van der Waals surface area contributed by atoms with Crippen LogP contribution >= 0.6 is 23.2 Å². The normalized spacial score (nSPS) is 16.6. The van der Waals surface area contributed by atoms with E-state index in [-0.39, 0.29) is 15.5 Å². The van der Waals surface area contributed by atoms with Crippen LogP contribution in [0.4, 0.5) is 5.69 Å². The number of halogens is 2. The third-order valence-corrected chi connectivity index (χ3v) is 9.12. The van der Waals surface area contributed by atoms with E-state index < -0.39 is 20.0 Å². The van der Waals surface area contributed by atoms with E-state index in [4.69, 9.17) is 23.2 Å². The van der Waals surface area contributed by atoms with Crippen LogP contribution in [0.15, 0.2) is 52.4 Å². The zero-order valence-electron chi connectivity index (χ0n) is 16.5. The molecule has 12 heteroatoms. The maximum absolute atomic E-state index is 12.9. The van der Waals surface area contributed by atoms with E-state index in [1.807, 2.05) is 7.05 Å². The highest BCUT2D eigenvalue weighted by Gasteiger charge is 2.28. The molecule has 166 valence electrons. The number of aromatic nitrogens is 1. The van der Waals surface area contributed by atoms with E-state index >= 15 is 0 Å². The van der Waals surface area contributed by atoms with Crippen molar-refractivity contribution in [2.75, 3.05) is 37.9 Å². The summed E-state index contributed by atoms with van der Waals surface area (Å²) in [7, 11) is -5.72. The SMILES string of the molecule is CN1CCN(S(=O)(=O)c2ccc(S(=O)(=O)Nc3ccc(Cl)c4c(Cl)c[nH]c34)cc2)CC1. The number of likely N-dealkylation sites (N-methyl/N-ethyl adjacent to an activating group) is 1. The van der Waals surface area contributed by atoms with E-state index in [1.165, 1.54) is 40.8 Å². The third kappa shape index (κ3) is 4.28. The molecule has 2 aromatic carbocycles. The summed E-state index contributed by atoms with van der Waals surface area (Å²) in [5.74, 6) is 0. The Morgan fingerprint density at radius 1 is 0.871 bits per heavy atom. The van der Waals surface area contributed by atoms with Gasteiger partial charge in [0.05, 0.1) is 31.0 Å². The zero-order chi connectivity index (χ0) is 22.4. The van der Waals surface area contributed by atoms with Crippen LogP contribution in [-0.4, -0.2) is 64.3 Å². The van der Waals surface area contributed by atoms with Gasteiger partial charge in [-0.3, -0.25) is 4.72 Å². The van der Waals surface area contributed by atoms with Crippen LogP contribution in [0.1, 0.15) is 0 Å². The molecule has 0 bridgehead atoms. The molecule has 0 amide bonds. The Bertz CT molecular complexity index is 1330. The summed E-state index contributed by atoms with van der Waals surface area (Å²) in [4.78, 5) is 4.95. The molecule has 4 rings (SSSR count). The second kappa shape index (κ2) is 8.27. The van der Waals surface area contributed by atoms with E-state index in [0.29, 0.717) is 47.1 Å². The summed E-state index contributed by atoms with van der Waals surface area (Å²) in [5, 5.41) is 1.28. The first-order valence-electron chi connectivity index (χ1n) is 9.36. The first-order chi connectivity index (χ1) is 14.6. The van der Waals surface area contributed by atoms with Crippen LogP contribution in [0.5, 0.6) is 0 Å². The van der Waals surface area contributed by atoms with E-state index in [9.17, 15) is 16.8 Å². The Morgan fingerprint density at radius 3 is 2.13 bits per heavy atom. The molecule has 3 aromatic rings. The summed E-state index contributed by atoms with van der Waals surface area (Å²) in [6.45, 7) is 2.08. The van der Waals surface area contributed by atoms with Crippen molar-refractivity contribution in [2.45, 2.75) is 9.79 Å². The number of nitrogens with zero attached hydrogens (tertiary/aromatic N) is 2. The molecule has 1 aliphatic rings. The van der Waals surface area contributed by atoms with Crippen LogP contribution in [0.3, 0.4) is 0 Å². The molecular weight excluding hydrogens is 483 g/mol. The number of hydrogen-bond donors (Lipinski definition) is 2. The molecule has 0 saturated carbocycles. The van der Waals surface area contributed by atoms with Gasteiger partial charge in [-0.05, 0) is 43.4 Å². The number of nitrogens with one attached hydrogen (secondary N) is 2. The van der Waals surface area contributed by atoms with Crippen LogP contribution in [0.2, 0.25) is 10.0 Å². The van der Waals surface area contributed by atoms with Crippen molar-refractivity contribution in [3.05, 3.63) is 52.6 Å². The summed E-state index contributed by atoms with van der Waals surface area (Å²) in [5.41, 5.74) is 0.732. The van der Waals surface area contributed by atoms with Gasteiger partial charge in [-0.1, -0.05) is 23.2 Å². The Labute approximate surface area is 190 Å². The minimum absolute atomic E-state index is 0.0565. The molecule has 0 atom stereocenters. The fourth-order valence-electron chi connectivity index (χ4n) is 3.43. The Hall–Kier alpha value is -1.82. The Kier molecular flexibility index (Phi) is 5.97. The maximum Gasteiger partial charge on any atom is 0.261 e. The summed E-state index contributed by atoms with van der Waals surface area (Å²) >= 11 is 12.3. The predicted molar refractivity (Wildman–Crippen MR) is 122 cm³/mol. The van der Waals surface area contributed by atoms with Crippen molar-refractivity contribution in [1.29, 1.82) is 0 Å². The molecule has 0 radical (unpaired) electrons. The van der Waals surface area contributed by atoms with Gasteiger partial charge in [-0.2, -0.15) is 4.31 Å². The van der Waals surface area contributed by atoms with Gasteiger partial charge in [0.1, 0.15) is 0 Å². The van der Waals surface area contributed by atoms with Gasteiger partial charge in [0.2, 0.25) is 10.0 Å². The smallest absolute Gasteiger partial charge is 0.261 e. The van der Waals surface area contributed by atoms with Crippen LogP contribution in [-0.2, 0) is 20.0 Å². The first-order valence-corrected chi connectivity index (χ1v) is 13.0. The third-order valence-electron chi connectivity index (χ3n) is 5.21. The van der Waals surface area contributed by atoms with Crippen molar-refractivity contribution in [2.24, 2.45) is 0 Å². The Morgan fingerprint density at radius 2 is 1.48 bits per heavy atom. The fraction of sp³-hybridized carbons (Fsp3) is 0.263. The lowest BCUT2D eigenvalue weighted by molar-refractivity contribution is 0.222. The van der Waals surface area contributed by atoms with Gasteiger partial charge in [-0.25, -0.2) is 16.8 Å². The van der Waals surface area contributed by atoms with E-state index in [2.05, 4.69) is 14.6 Å². The highest BCUT2D eigenvalue weighted by Crippen LogP contribution is 2.35. The van der Waals surface area contributed by atoms with Crippen LogP contribution in [0.25, 0.3) is 10.9 Å². The van der Waals surface area contributed by atoms with Gasteiger partial charge in [0, 0.05) is 37.8 Å². The van der Waals surface area contributed by atoms with Crippen molar-refractivity contribution < 1.29 is 16.8 Å². The lowest BCUT2D eigenvalue weighted by Crippen LogP contribution is -2.47. The highest BCUT2D eigenvalue weighted by atomic mass is 35.5. The maximum atomic E-state index is 12.9. The average Bonchev–Trinajstić information content (AvgIpc) is 3.13. The number of aromatic amines is 1. The van der Waals surface area contributed by atoms with Gasteiger partial charge in [0.15, 0.2) is 0 Å². The van der Waals surface area contributed by atoms with Crippen molar-refractivity contribution in [3.63, 3.8) is 0 Å². The molecule has 8 nitrogen and oxygen atoms in total. The lowest BCUT2D eigenvalue weighted by Gasteiger charge is -2.31. The van der Waals surface area contributed by atoms with Crippen LogP contribution in [0, 0.1) is 0 Å². The topological polar surface area (TPSA) is 103 Å². The van der Waals surface area contributed by atoms with Crippen molar-refractivity contribution >= 4 is 59.8 Å². The molecule has 1 aromatic heterocycles. The zero-order valence-corrected chi connectivity index (χ0v) is 19.6. The molecule has 1 aliphatic heterocycles. The number of fused-ring (bicyclic) bond motifs is 1. The number of sulfonamides is 2. The van der Waals surface area contributed by atoms with E-state index in [1.54, 1.807) is 6.07 Å². The molecule has 2 N–H and O–H groups in total. The fourth-order valence-corrected chi connectivity index (χ4v) is 6.48. The second-order valence-corrected chi connectivity index (χ2v) is 11.7. The molecule has 1 saturated heterocycles. The summed E-state index contributed by atoms with van der Waals surface area (Å²) in [6, 6.07) is 8.25. The Balaban J connectivity index is 1.60. The van der Waals surface area contributed by atoms with Gasteiger partial charge >= 0.3 is 0 Å². The standard InChI is InChI=1S/C19H20Cl2N4O4S2/c1-24-8-10-25(11-9-24)31(28,29)14-4-2-13(3-5-14)30(26,27)23-17-7-6-15(20)18-16(21)12-22-19(17)18/h2-7,12,22-23H,8-11H2,1H3. The number of rotatable bonds is 5. The minimum atomic E-state index is -3.97. The predicted octanol–water partition coefficient (Wildman–Crippen LogP) is 3.21. The van der Waals surface area contributed by atoms with E-state index in [0.717, 1.165) is 0 Å². The number of anilines is 1. The lowest BCUT2D eigenvalue weighted by atomic mass is 10.2. The molecule has 0 aliphatic carbocycles. The quantitative estimate of drug-likeness (QED) is 0.557. The second-order valence-electron chi connectivity index (χ2n) is 7.27. The van der Waals surface area contributed by atoms with Crippen LogP contribution < -0.4 is 4.72 Å². The summed E-state index contributed by atoms with van der Waals surface area (Å²) in [6.07, 6.45) is 1.52. The molecule has 0 spiro atoms. The van der Waals surface area contributed by atoms with Gasteiger partial charge in [0.25, 0.3) is 10.0 Å². The molecular formula is C19H20Cl2N4O4S2. The molecule has 2 heterocycles. The van der Waals surface area contributed by atoms with Crippen molar-refractivity contribution in [3.8, 4) is 0 Å². The highest BCUT2D eigenvalue weighted by molar-refractivity contribution is 7.92. The number of H-pyrrole nitrogens is 1. The number of piperazine rings is 1. The number of benzene rings is 2. The minimum Gasteiger partial charge on any atom is -0.358 e. The number of hydrogen-bond acceptors (Lipinski definition) is 5. The van der Waals surface area contributed by atoms with Gasteiger partial charge < -0.3 is 9.88 Å². The van der Waals surface area contributed by atoms with Crippen molar-refractivity contribution in [1.82, 2.24) is 14.2 Å². The largest absolute Gasteiger partial charge is 0.358 e. The monoisotopic (exact) mass is 502 g/mol. The summed E-state index contributed by atoms with van der Waals surface area (Å²) < 4.78 is 55.4. The molecule has 0 unspecified atom stereocenters. The van der Waals surface area contributed by atoms with Gasteiger partial charge in [-0.15, -0.1) is 0 Å². The molecule has 1 fully saturated rings. The molecule has 31 heavy (non-hydrogen) atoms.